The fraction of sp³-hybridized carbons (Fsp3) is 0.481. The van der Waals surface area contributed by atoms with Crippen molar-refractivity contribution in [3.8, 4) is 5.75 Å². The van der Waals surface area contributed by atoms with Crippen LogP contribution in [0.2, 0.25) is 0 Å². The van der Waals surface area contributed by atoms with Crippen LogP contribution in [0.15, 0.2) is 36.9 Å². The van der Waals surface area contributed by atoms with Gasteiger partial charge in [-0.1, -0.05) is 0 Å². The highest BCUT2D eigenvalue weighted by atomic mass is 16.6. The molecule has 1 saturated heterocycles. The van der Waals surface area contributed by atoms with Crippen molar-refractivity contribution in [2.75, 3.05) is 43.0 Å². The van der Waals surface area contributed by atoms with Crippen LogP contribution in [0.1, 0.15) is 39.2 Å². The molecular formula is C27H34N8O5. The van der Waals surface area contributed by atoms with Gasteiger partial charge in [-0.15, -0.1) is 10.2 Å². The van der Waals surface area contributed by atoms with Crippen LogP contribution < -0.4 is 20.3 Å². The van der Waals surface area contributed by atoms with E-state index in [4.69, 9.17) is 9.47 Å². The normalized spacial score (nSPS) is 17.4. The van der Waals surface area contributed by atoms with Crippen LogP contribution in [-0.4, -0.2) is 80.8 Å². The molecule has 0 aliphatic carbocycles. The molecule has 0 bridgehead atoms. The van der Waals surface area contributed by atoms with E-state index >= 15 is 0 Å². The van der Waals surface area contributed by atoms with Gasteiger partial charge in [0.25, 0.3) is 0 Å². The number of ether oxygens (including phenoxy) is 2. The number of aromatic nitrogens is 4. The SMILES string of the molecule is CC(C)(C)OC(=O)N1CCOc2ccc(NC(=O)C(=O)NCC3CCCN(c4nccn5cnnc45)C3)cc2C1. The maximum Gasteiger partial charge on any atom is 0.410 e. The quantitative estimate of drug-likeness (QED) is 0.467. The number of benzene rings is 1. The van der Waals surface area contributed by atoms with Crippen LogP contribution in [0, 0.1) is 5.92 Å². The Morgan fingerprint density at radius 1 is 1.18 bits per heavy atom. The molecule has 1 aromatic carbocycles. The van der Waals surface area contributed by atoms with Crippen molar-refractivity contribution >= 4 is 35.1 Å². The Morgan fingerprint density at radius 2 is 2.02 bits per heavy atom. The van der Waals surface area contributed by atoms with Crippen molar-refractivity contribution in [3.63, 3.8) is 0 Å². The summed E-state index contributed by atoms with van der Waals surface area (Å²) in [7, 11) is 0. The number of anilines is 2. The molecule has 0 radical (unpaired) electrons. The van der Waals surface area contributed by atoms with Crippen molar-refractivity contribution in [1.82, 2.24) is 29.8 Å². The molecule has 2 N–H and O–H groups in total. The zero-order chi connectivity index (χ0) is 28.3. The van der Waals surface area contributed by atoms with E-state index in [1.165, 1.54) is 0 Å². The number of hydrogen-bond donors (Lipinski definition) is 2. The Kier molecular flexibility index (Phi) is 7.71. The summed E-state index contributed by atoms with van der Waals surface area (Å²) < 4.78 is 13.1. The summed E-state index contributed by atoms with van der Waals surface area (Å²) in [6.07, 6.45) is 6.56. The Hall–Kier alpha value is -4.42. The van der Waals surface area contributed by atoms with Crippen molar-refractivity contribution in [2.24, 2.45) is 5.92 Å². The molecule has 3 aromatic rings. The molecule has 2 aromatic heterocycles. The second kappa shape index (κ2) is 11.4. The average molecular weight is 551 g/mol. The van der Waals surface area contributed by atoms with Crippen molar-refractivity contribution < 1.29 is 23.9 Å². The topological polar surface area (TPSA) is 143 Å². The van der Waals surface area contributed by atoms with E-state index < -0.39 is 23.5 Å². The molecule has 13 nitrogen and oxygen atoms in total. The summed E-state index contributed by atoms with van der Waals surface area (Å²) in [6.45, 7) is 8.27. The monoisotopic (exact) mass is 550 g/mol. The maximum atomic E-state index is 12.7. The van der Waals surface area contributed by atoms with Gasteiger partial charge in [-0.05, 0) is 57.7 Å². The second-order valence-corrected chi connectivity index (χ2v) is 11.0. The van der Waals surface area contributed by atoms with Gasteiger partial charge in [0, 0.05) is 43.3 Å². The zero-order valence-electron chi connectivity index (χ0n) is 22.9. The average Bonchev–Trinajstić information content (AvgIpc) is 3.30. The van der Waals surface area contributed by atoms with E-state index in [1.807, 2.05) is 25.2 Å². The zero-order valence-corrected chi connectivity index (χ0v) is 22.9. The highest BCUT2D eigenvalue weighted by Gasteiger charge is 2.27. The number of nitrogens with zero attached hydrogens (tertiary/aromatic N) is 6. The number of rotatable bonds is 4. The van der Waals surface area contributed by atoms with Gasteiger partial charge in [0.1, 0.15) is 24.3 Å². The van der Waals surface area contributed by atoms with Gasteiger partial charge in [-0.25, -0.2) is 9.78 Å². The summed E-state index contributed by atoms with van der Waals surface area (Å²) in [5.74, 6) is 0.0502. The van der Waals surface area contributed by atoms with Gasteiger partial charge < -0.3 is 29.9 Å². The van der Waals surface area contributed by atoms with Crippen LogP contribution in [0.25, 0.3) is 5.65 Å². The predicted octanol–water partition coefficient (Wildman–Crippen LogP) is 2.23. The molecule has 2 aliphatic rings. The first-order valence-electron chi connectivity index (χ1n) is 13.4. The first-order valence-corrected chi connectivity index (χ1v) is 13.4. The third-order valence-corrected chi connectivity index (χ3v) is 6.72. The molecule has 1 fully saturated rings. The number of fused-ring (bicyclic) bond motifs is 2. The number of amides is 3. The molecule has 0 saturated carbocycles. The summed E-state index contributed by atoms with van der Waals surface area (Å²) in [5.41, 5.74) is 1.21. The number of carbonyl (C=O) groups is 3. The van der Waals surface area contributed by atoms with Crippen LogP contribution in [-0.2, 0) is 20.9 Å². The summed E-state index contributed by atoms with van der Waals surface area (Å²) in [6, 6.07) is 5.10. The third-order valence-electron chi connectivity index (χ3n) is 6.72. The van der Waals surface area contributed by atoms with Crippen LogP contribution in [0.5, 0.6) is 5.75 Å². The van der Waals surface area contributed by atoms with Gasteiger partial charge in [-0.3, -0.25) is 14.0 Å². The Labute approximate surface area is 231 Å². The Morgan fingerprint density at radius 3 is 2.85 bits per heavy atom. The maximum absolute atomic E-state index is 12.7. The van der Waals surface area contributed by atoms with E-state index in [2.05, 4.69) is 30.7 Å². The lowest BCUT2D eigenvalue weighted by molar-refractivity contribution is -0.136. The molecule has 2 aliphatic heterocycles. The second-order valence-electron chi connectivity index (χ2n) is 11.0. The van der Waals surface area contributed by atoms with E-state index in [0.717, 1.165) is 25.2 Å². The van der Waals surface area contributed by atoms with Gasteiger partial charge >= 0.3 is 17.9 Å². The van der Waals surface area contributed by atoms with Crippen LogP contribution in [0.3, 0.4) is 0 Å². The van der Waals surface area contributed by atoms with E-state index in [-0.39, 0.29) is 12.5 Å². The minimum absolute atomic E-state index is 0.152. The lowest BCUT2D eigenvalue weighted by Gasteiger charge is -2.33. The van der Waals surface area contributed by atoms with Crippen molar-refractivity contribution in [1.29, 1.82) is 0 Å². The van der Waals surface area contributed by atoms with Gasteiger partial charge in [0.2, 0.25) is 5.65 Å². The number of hydrogen-bond acceptors (Lipinski definition) is 9. The van der Waals surface area contributed by atoms with Crippen molar-refractivity contribution in [2.45, 2.75) is 45.8 Å². The highest BCUT2D eigenvalue weighted by molar-refractivity contribution is 6.39. The molecule has 4 heterocycles. The van der Waals surface area contributed by atoms with Crippen molar-refractivity contribution in [3.05, 3.63) is 42.5 Å². The molecule has 5 rings (SSSR count). The largest absolute Gasteiger partial charge is 0.491 e. The molecule has 3 amide bonds. The molecule has 212 valence electrons. The fourth-order valence-electron chi connectivity index (χ4n) is 4.85. The fourth-order valence-corrected chi connectivity index (χ4v) is 4.85. The van der Waals surface area contributed by atoms with E-state index in [0.29, 0.717) is 48.9 Å². The van der Waals surface area contributed by atoms with Crippen LogP contribution >= 0.6 is 0 Å². The Bertz CT molecular complexity index is 1400. The lowest BCUT2D eigenvalue weighted by Crippen LogP contribution is -2.44. The minimum Gasteiger partial charge on any atom is -0.491 e. The minimum atomic E-state index is -0.763. The predicted molar refractivity (Wildman–Crippen MR) is 146 cm³/mol. The molecule has 0 spiro atoms. The first kappa shape index (κ1) is 27.2. The van der Waals surface area contributed by atoms with Crippen LogP contribution in [0.4, 0.5) is 16.3 Å². The lowest BCUT2D eigenvalue weighted by atomic mass is 9.98. The number of nitrogens with one attached hydrogen (secondary N) is 2. The molecule has 13 heteroatoms. The molecular weight excluding hydrogens is 516 g/mol. The molecule has 40 heavy (non-hydrogen) atoms. The smallest absolute Gasteiger partial charge is 0.410 e. The summed E-state index contributed by atoms with van der Waals surface area (Å²) in [5, 5.41) is 13.5. The van der Waals surface area contributed by atoms with E-state index in [1.54, 1.807) is 41.8 Å². The number of carbonyl (C=O) groups excluding carboxylic acids is 3. The first-order chi connectivity index (χ1) is 19.2. The van der Waals surface area contributed by atoms with E-state index in [9.17, 15) is 14.4 Å². The highest BCUT2D eigenvalue weighted by Crippen LogP contribution is 2.28. The standard InChI is InChI=1S/C27H34N8O5/c1-27(2,3)40-26(38)34-11-12-39-21-7-6-20(13-19(21)16-34)31-25(37)24(36)29-14-18-5-4-9-33(15-18)22-23-32-30-17-35(23)10-8-28-22/h6-8,10,13,17-18H,4-5,9,11-12,14-16H2,1-3H3,(H,29,36)(H,31,37). The van der Waals surface area contributed by atoms with Gasteiger partial charge in [-0.2, -0.15) is 0 Å². The number of piperidine rings is 1. The molecule has 1 unspecified atom stereocenters. The Balaban J connectivity index is 1.16. The summed E-state index contributed by atoms with van der Waals surface area (Å²) >= 11 is 0. The van der Waals surface area contributed by atoms with Gasteiger partial charge in [0.15, 0.2) is 5.82 Å². The summed E-state index contributed by atoms with van der Waals surface area (Å²) in [4.78, 5) is 46.1. The molecule has 1 atom stereocenters. The van der Waals surface area contributed by atoms with Gasteiger partial charge in [0.05, 0.1) is 13.1 Å². The third kappa shape index (κ3) is 6.41.